The van der Waals surface area contributed by atoms with E-state index in [0.717, 1.165) is 23.4 Å². The molecule has 1 aliphatic carbocycles. The van der Waals surface area contributed by atoms with E-state index in [2.05, 4.69) is 24.0 Å². The molecule has 2 heterocycles. The lowest BCUT2D eigenvalue weighted by molar-refractivity contribution is 0.424. The van der Waals surface area contributed by atoms with E-state index < -0.39 is 0 Å². The highest BCUT2D eigenvalue weighted by Gasteiger charge is 2.37. The van der Waals surface area contributed by atoms with E-state index in [1.54, 1.807) is 11.3 Å². The first-order valence-electron chi connectivity index (χ1n) is 5.71. The van der Waals surface area contributed by atoms with Crippen molar-refractivity contribution in [3.63, 3.8) is 0 Å². The lowest BCUT2D eigenvalue weighted by Crippen LogP contribution is -2.12. The Hall–Kier alpha value is -1.36. The number of hydrogen-bond donors (Lipinski definition) is 1. The molecule has 0 fully saturated rings. The van der Waals surface area contributed by atoms with Gasteiger partial charge in [-0.05, 0) is 30.7 Å². The van der Waals surface area contributed by atoms with Gasteiger partial charge in [0.25, 0.3) is 5.89 Å². The summed E-state index contributed by atoms with van der Waals surface area (Å²) in [6.07, 6.45) is 2.26. The molecule has 0 radical (unpaired) electrons. The quantitative estimate of drug-likeness (QED) is 0.844. The van der Waals surface area contributed by atoms with Crippen molar-refractivity contribution >= 4 is 16.3 Å². The van der Waals surface area contributed by atoms with Crippen molar-refractivity contribution in [3.8, 4) is 11.5 Å². The van der Waals surface area contributed by atoms with Gasteiger partial charge in [0.05, 0.1) is 10.6 Å². The van der Waals surface area contributed by atoms with E-state index in [1.807, 2.05) is 6.92 Å². The number of anilines is 1. The van der Waals surface area contributed by atoms with Gasteiger partial charge < -0.3 is 10.3 Å². The molecule has 4 nitrogen and oxygen atoms in total. The molecule has 0 atom stereocenters. The van der Waals surface area contributed by atoms with Crippen molar-refractivity contribution in [2.24, 2.45) is 0 Å². The van der Waals surface area contributed by atoms with Crippen LogP contribution < -0.4 is 5.73 Å². The predicted molar refractivity (Wildman–Crippen MR) is 68.1 cm³/mol. The summed E-state index contributed by atoms with van der Waals surface area (Å²) in [4.78, 5) is 5.68. The van der Waals surface area contributed by atoms with E-state index in [0.29, 0.717) is 11.7 Å². The van der Waals surface area contributed by atoms with E-state index in [1.165, 1.54) is 10.4 Å². The van der Waals surface area contributed by atoms with Crippen LogP contribution >= 0.6 is 11.3 Å². The fraction of sp³-hybridized carbons (Fsp3) is 0.500. The highest BCUT2D eigenvalue weighted by atomic mass is 32.1. The molecule has 2 aromatic rings. The minimum atomic E-state index is 0.154. The van der Waals surface area contributed by atoms with Crippen molar-refractivity contribution in [1.82, 2.24) is 10.1 Å². The number of aromatic nitrogens is 2. The normalized spacial score (nSPS) is 17.4. The van der Waals surface area contributed by atoms with Crippen LogP contribution in [0.2, 0.25) is 0 Å². The summed E-state index contributed by atoms with van der Waals surface area (Å²) in [5.74, 6) is 1.21. The maximum Gasteiger partial charge on any atom is 0.261 e. The van der Waals surface area contributed by atoms with Crippen LogP contribution in [0.5, 0.6) is 0 Å². The van der Waals surface area contributed by atoms with Gasteiger partial charge in [-0.15, -0.1) is 11.3 Å². The fourth-order valence-electron chi connectivity index (χ4n) is 2.55. The van der Waals surface area contributed by atoms with E-state index in [-0.39, 0.29) is 5.41 Å². The monoisotopic (exact) mass is 249 g/mol. The average molecular weight is 249 g/mol. The number of rotatable bonds is 1. The molecular formula is C12H15N3OS. The highest BCUT2D eigenvalue weighted by molar-refractivity contribution is 7.16. The molecule has 0 unspecified atom stereocenters. The van der Waals surface area contributed by atoms with E-state index >= 15 is 0 Å². The molecule has 0 amide bonds. The first-order chi connectivity index (χ1) is 7.99. The third-order valence-electron chi connectivity index (χ3n) is 3.40. The van der Waals surface area contributed by atoms with Gasteiger partial charge in [-0.3, -0.25) is 0 Å². The Morgan fingerprint density at radius 1 is 1.41 bits per heavy atom. The number of thiophene rings is 1. The van der Waals surface area contributed by atoms with Crippen molar-refractivity contribution in [2.45, 2.75) is 39.0 Å². The Morgan fingerprint density at radius 2 is 2.18 bits per heavy atom. The molecule has 0 saturated heterocycles. The molecule has 0 saturated carbocycles. The summed E-state index contributed by atoms with van der Waals surface area (Å²) in [5, 5.41) is 4.65. The van der Waals surface area contributed by atoms with Crippen LogP contribution in [-0.4, -0.2) is 10.1 Å². The molecule has 17 heavy (non-hydrogen) atoms. The average Bonchev–Trinajstić information content (AvgIpc) is 2.85. The standard InChI is InChI=1S/C12H15N3OS/c1-6-14-11(16-15-6)8-9-7(17-10(8)13)4-5-12(9,2)3/h4-5,13H2,1-3H3. The summed E-state index contributed by atoms with van der Waals surface area (Å²) < 4.78 is 5.27. The van der Waals surface area contributed by atoms with Gasteiger partial charge in [0, 0.05) is 4.88 Å². The molecule has 5 heteroatoms. The Bertz CT molecular complexity index is 583. The molecule has 2 aromatic heterocycles. The number of nitrogen functional groups attached to an aromatic ring is 1. The van der Waals surface area contributed by atoms with Crippen LogP contribution in [0.1, 0.15) is 36.5 Å². The third kappa shape index (κ3) is 1.49. The molecule has 90 valence electrons. The first kappa shape index (κ1) is 10.8. The van der Waals surface area contributed by atoms with Crippen LogP contribution in [0, 0.1) is 6.92 Å². The molecule has 0 aromatic carbocycles. The minimum absolute atomic E-state index is 0.154. The summed E-state index contributed by atoms with van der Waals surface area (Å²) >= 11 is 1.66. The third-order valence-corrected chi connectivity index (χ3v) is 4.48. The summed E-state index contributed by atoms with van der Waals surface area (Å²) in [5.41, 5.74) is 8.53. The van der Waals surface area contributed by atoms with Gasteiger partial charge >= 0.3 is 0 Å². The Balaban J connectivity index is 2.24. The van der Waals surface area contributed by atoms with Gasteiger partial charge in [-0.1, -0.05) is 19.0 Å². The molecular weight excluding hydrogens is 234 g/mol. The van der Waals surface area contributed by atoms with E-state index in [4.69, 9.17) is 10.3 Å². The second-order valence-corrected chi connectivity index (χ2v) is 6.31. The number of fused-ring (bicyclic) bond motifs is 1. The smallest absolute Gasteiger partial charge is 0.261 e. The molecule has 0 spiro atoms. The number of nitrogens with zero attached hydrogens (tertiary/aromatic N) is 2. The number of aryl methyl sites for hydroxylation is 2. The van der Waals surface area contributed by atoms with E-state index in [9.17, 15) is 0 Å². The minimum Gasteiger partial charge on any atom is -0.390 e. The Labute approximate surface area is 104 Å². The maximum atomic E-state index is 6.10. The second kappa shape index (κ2) is 3.32. The lowest BCUT2D eigenvalue weighted by atomic mass is 9.85. The van der Waals surface area contributed by atoms with Crippen molar-refractivity contribution in [1.29, 1.82) is 0 Å². The Morgan fingerprint density at radius 3 is 2.82 bits per heavy atom. The lowest BCUT2D eigenvalue weighted by Gasteiger charge is -2.19. The van der Waals surface area contributed by atoms with Crippen molar-refractivity contribution in [2.75, 3.05) is 5.73 Å². The van der Waals surface area contributed by atoms with Crippen molar-refractivity contribution in [3.05, 3.63) is 16.3 Å². The van der Waals surface area contributed by atoms with Crippen molar-refractivity contribution < 1.29 is 4.52 Å². The van der Waals surface area contributed by atoms with Gasteiger partial charge in [0.1, 0.15) is 0 Å². The van der Waals surface area contributed by atoms with Gasteiger partial charge in [-0.25, -0.2) is 0 Å². The summed E-state index contributed by atoms with van der Waals surface area (Å²) in [6.45, 7) is 6.32. The molecule has 1 aliphatic rings. The summed E-state index contributed by atoms with van der Waals surface area (Å²) in [7, 11) is 0. The van der Waals surface area contributed by atoms with Crippen LogP contribution in [0.4, 0.5) is 5.00 Å². The largest absolute Gasteiger partial charge is 0.390 e. The Kier molecular flexibility index (Phi) is 2.10. The molecule has 3 rings (SSSR count). The predicted octanol–water partition coefficient (Wildman–Crippen LogP) is 2.91. The SMILES string of the molecule is Cc1noc(-c2c(N)sc3c2C(C)(C)CC3)n1. The highest BCUT2D eigenvalue weighted by Crippen LogP contribution is 2.50. The van der Waals surface area contributed by atoms with Gasteiger partial charge in [0.2, 0.25) is 0 Å². The number of hydrogen-bond acceptors (Lipinski definition) is 5. The second-order valence-electron chi connectivity index (χ2n) is 5.17. The van der Waals surface area contributed by atoms with Crippen LogP contribution in [0.3, 0.4) is 0 Å². The van der Waals surface area contributed by atoms with Crippen LogP contribution in [0.25, 0.3) is 11.5 Å². The molecule has 0 aliphatic heterocycles. The number of nitrogens with two attached hydrogens (primary N) is 1. The zero-order valence-electron chi connectivity index (χ0n) is 10.2. The summed E-state index contributed by atoms with van der Waals surface area (Å²) in [6, 6.07) is 0. The van der Waals surface area contributed by atoms with Crippen LogP contribution in [0.15, 0.2) is 4.52 Å². The van der Waals surface area contributed by atoms with Crippen LogP contribution in [-0.2, 0) is 11.8 Å². The zero-order valence-corrected chi connectivity index (χ0v) is 11.0. The first-order valence-corrected chi connectivity index (χ1v) is 6.53. The van der Waals surface area contributed by atoms with Gasteiger partial charge in [0.15, 0.2) is 5.82 Å². The maximum absolute atomic E-state index is 6.10. The van der Waals surface area contributed by atoms with Gasteiger partial charge in [-0.2, -0.15) is 4.98 Å². The fourth-order valence-corrected chi connectivity index (χ4v) is 3.79. The topological polar surface area (TPSA) is 64.9 Å². The molecule has 0 bridgehead atoms. The zero-order chi connectivity index (χ0) is 12.2. The molecule has 2 N–H and O–H groups in total.